The molecule has 1 saturated heterocycles. The van der Waals surface area contributed by atoms with Crippen LogP contribution in [0.1, 0.15) is 59.3 Å². The molecule has 0 aliphatic carbocycles. The summed E-state index contributed by atoms with van der Waals surface area (Å²) in [5, 5.41) is 13.1. The largest absolute Gasteiger partial charge is 0.407 e. The van der Waals surface area contributed by atoms with E-state index in [1.165, 1.54) is 10.4 Å². The number of aliphatic hydroxyl groups excluding tert-OH is 1. The molecule has 0 bridgehead atoms. The number of likely N-dealkylation sites (tertiary alicyclic amines) is 1. The third-order valence-corrected chi connectivity index (χ3v) is 11.8. The van der Waals surface area contributed by atoms with E-state index in [0.717, 1.165) is 38.8 Å². The molecule has 5 heteroatoms. The second-order valence-corrected chi connectivity index (χ2v) is 14.6. The van der Waals surface area contributed by atoms with Crippen LogP contribution in [0.3, 0.4) is 0 Å². The van der Waals surface area contributed by atoms with Crippen molar-refractivity contribution < 1.29 is 14.3 Å². The van der Waals surface area contributed by atoms with E-state index in [0.29, 0.717) is 19.4 Å². The molecule has 4 nitrogen and oxygen atoms in total. The maximum absolute atomic E-state index is 12.1. The molecular weight excluding hydrogens is 438 g/mol. The van der Waals surface area contributed by atoms with Crippen molar-refractivity contribution in [1.29, 1.82) is 0 Å². The Labute approximate surface area is 206 Å². The van der Waals surface area contributed by atoms with Crippen molar-refractivity contribution in [2.45, 2.75) is 70.4 Å². The van der Waals surface area contributed by atoms with Crippen LogP contribution in [0.2, 0.25) is 5.04 Å². The van der Waals surface area contributed by atoms with Gasteiger partial charge in [0.2, 0.25) is 5.91 Å². The Morgan fingerprint density at radius 2 is 1.56 bits per heavy atom. The first-order valence-electron chi connectivity index (χ1n) is 12.7. The lowest BCUT2D eigenvalue weighted by atomic mass is 10.1. The van der Waals surface area contributed by atoms with Crippen LogP contribution in [0.5, 0.6) is 0 Å². The minimum atomic E-state index is -2.55. The van der Waals surface area contributed by atoms with Crippen molar-refractivity contribution in [2.24, 2.45) is 0 Å². The molecule has 1 unspecified atom stereocenters. The summed E-state index contributed by atoms with van der Waals surface area (Å²) in [4.78, 5) is 14.0. The fourth-order valence-corrected chi connectivity index (χ4v) is 9.53. The number of aliphatic hydroxyl groups is 1. The molecule has 1 heterocycles. The van der Waals surface area contributed by atoms with Gasteiger partial charge in [-0.15, -0.1) is 0 Å². The summed E-state index contributed by atoms with van der Waals surface area (Å²) in [7, 11) is -2.55. The first-order valence-corrected chi connectivity index (χ1v) is 14.6. The van der Waals surface area contributed by atoms with Gasteiger partial charge < -0.3 is 14.4 Å². The third kappa shape index (κ3) is 6.68. The second kappa shape index (κ2) is 12.5. The van der Waals surface area contributed by atoms with Crippen molar-refractivity contribution in [1.82, 2.24) is 4.90 Å². The van der Waals surface area contributed by atoms with Crippen LogP contribution in [0, 0.1) is 0 Å². The summed E-state index contributed by atoms with van der Waals surface area (Å²) in [6.07, 6.45) is 8.48. The highest BCUT2D eigenvalue weighted by molar-refractivity contribution is 6.99. The lowest BCUT2D eigenvalue weighted by molar-refractivity contribution is -0.125. The van der Waals surface area contributed by atoms with E-state index >= 15 is 0 Å². The number of amides is 1. The predicted molar refractivity (Wildman–Crippen MR) is 143 cm³/mol. The minimum Gasteiger partial charge on any atom is -0.407 e. The van der Waals surface area contributed by atoms with Gasteiger partial charge in [0.05, 0.1) is 6.10 Å². The van der Waals surface area contributed by atoms with Crippen molar-refractivity contribution in [3.63, 3.8) is 0 Å². The van der Waals surface area contributed by atoms with E-state index in [2.05, 4.69) is 69.3 Å². The lowest BCUT2D eigenvalue weighted by Gasteiger charge is -2.43. The van der Waals surface area contributed by atoms with Crippen LogP contribution >= 0.6 is 0 Å². The molecule has 0 spiro atoms. The second-order valence-electron chi connectivity index (χ2n) is 10.3. The zero-order valence-electron chi connectivity index (χ0n) is 21.1. The van der Waals surface area contributed by atoms with Crippen LogP contribution in [0.15, 0.2) is 72.8 Å². The van der Waals surface area contributed by atoms with E-state index in [4.69, 9.17) is 4.43 Å². The highest BCUT2D eigenvalue weighted by Crippen LogP contribution is 2.36. The summed E-state index contributed by atoms with van der Waals surface area (Å²) in [5.41, 5.74) is 0. The van der Waals surface area contributed by atoms with E-state index in [-0.39, 0.29) is 10.9 Å². The molecule has 1 amide bonds. The number of benzene rings is 2. The molecule has 0 aromatic heterocycles. The molecule has 1 atom stereocenters. The fraction of sp³-hybridized carbons (Fsp3) is 0.483. The summed E-state index contributed by atoms with van der Waals surface area (Å²) < 4.78 is 6.87. The third-order valence-electron chi connectivity index (χ3n) is 6.77. The molecule has 2 aromatic carbocycles. The average Bonchev–Trinajstić information content (AvgIpc) is 3.37. The van der Waals surface area contributed by atoms with Gasteiger partial charge in [0.1, 0.15) is 0 Å². The van der Waals surface area contributed by atoms with E-state index in [9.17, 15) is 9.90 Å². The Morgan fingerprint density at radius 1 is 1.00 bits per heavy atom. The average molecular weight is 480 g/mol. The Bertz CT molecular complexity index is 862. The van der Waals surface area contributed by atoms with Crippen molar-refractivity contribution in [2.75, 3.05) is 19.7 Å². The summed E-state index contributed by atoms with van der Waals surface area (Å²) in [6.45, 7) is 9.10. The number of carbonyl (C=O) groups is 1. The number of nitrogens with zero attached hydrogens (tertiary/aromatic N) is 1. The van der Waals surface area contributed by atoms with E-state index in [1.807, 2.05) is 23.1 Å². The molecule has 1 aliphatic rings. The smallest absolute Gasteiger partial charge is 0.261 e. The first kappa shape index (κ1) is 26.4. The van der Waals surface area contributed by atoms with Gasteiger partial charge in [-0.2, -0.15) is 0 Å². The maximum Gasteiger partial charge on any atom is 0.261 e. The number of unbranched alkanes of at least 4 members (excludes halogenated alkanes) is 1. The monoisotopic (exact) mass is 479 g/mol. The molecule has 34 heavy (non-hydrogen) atoms. The standard InChI is InChI=1S/C29H41NO3Si/c1-29(2,3)34(26-16-8-5-9-17-26,27-18-10-6-11-19-27)33-24-21-25(31)15-7-4-12-20-28(32)30-22-13-14-23-30/h5-6,8-12,16-20,25,31H,4,7,13-15,21-24H2,1-3H3/b20-12+. The summed E-state index contributed by atoms with van der Waals surface area (Å²) >= 11 is 0. The molecule has 2 aromatic rings. The molecule has 0 saturated carbocycles. The molecule has 1 fully saturated rings. The van der Waals surface area contributed by atoms with Gasteiger partial charge in [0.25, 0.3) is 8.32 Å². The highest BCUT2D eigenvalue weighted by atomic mass is 28.4. The van der Waals surface area contributed by atoms with Gasteiger partial charge in [0, 0.05) is 19.7 Å². The Morgan fingerprint density at radius 3 is 2.09 bits per heavy atom. The molecular formula is C29H41NO3Si. The van der Waals surface area contributed by atoms with E-state index in [1.54, 1.807) is 6.08 Å². The predicted octanol–water partition coefficient (Wildman–Crippen LogP) is 4.66. The Kier molecular flexibility index (Phi) is 9.69. The zero-order chi connectivity index (χ0) is 24.4. The maximum atomic E-state index is 12.1. The van der Waals surface area contributed by atoms with Crippen molar-refractivity contribution in [3.05, 3.63) is 72.8 Å². The molecule has 1 aliphatic heterocycles. The quantitative estimate of drug-likeness (QED) is 0.290. The SMILES string of the molecule is CC(C)(C)[Si](OCCC(O)CCC/C=C/C(=O)N1CCCC1)(c1ccccc1)c1ccccc1. The number of rotatable bonds is 11. The Balaban J connectivity index is 1.56. The lowest BCUT2D eigenvalue weighted by Crippen LogP contribution is -2.66. The van der Waals surface area contributed by atoms with Gasteiger partial charge in [-0.1, -0.05) is 87.5 Å². The number of hydrogen-bond donors (Lipinski definition) is 1. The summed E-state index contributed by atoms with van der Waals surface area (Å²) in [5.74, 6) is 0.122. The normalized spacial score (nSPS) is 15.7. The fourth-order valence-electron chi connectivity index (χ4n) is 4.95. The summed E-state index contributed by atoms with van der Waals surface area (Å²) in [6, 6.07) is 21.2. The zero-order valence-corrected chi connectivity index (χ0v) is 22.1. The first-order chi connectivity index (χ1) is 16.3. The Hall–Kier alpha value is -2.21. The van der Waals surface area contributed by atoms with Gasteiger partial charge in [-0.05, 0) is 60.0 Å². The van der Waals surface area contributed by atoms with Crippen LogP contribution in [0.25, 0.3) is 0 Å². The molecule has 1 N–H and O–H groups in total. The molecule has 0 radical (unpaired) electrons. The highest BCUT2D eigenvalue weighted by Gasteiger charge is 2.50. The van der Waals surface area contributed by atoms with Gasteiger partial charge in [-0.3, -0.25) is 4.79 Å². The number of carbonyl (C=O) groups excluding carboxylic acids is 1. The van der Waals surface area contributed by atoms with Crippen LogP contribution in [-0.4, -0.2) is 50.0 Å². The van der Waals surface area contributed by atoms with Gasteiger partial charge >= 0.3 is 0 Å². The molecule has 184 valence electrons. The van der Waals surface area contributed by atoms with Crippen LogP contribution in [-0.2, 0) is 9.22 Å². The van der Waals surface area contributed by atoms with Crippen molar-refractivity contribution >= 4 is 24.6 Å². The number of hydrogen-bond acceptors (Lipinski definition) is 3. The van der Waals surface area contributed by atoms with Crippen LogP contribution < -0.4 is 10.4 Å². The number of allylic oxidation sites excluding steroid dienone is 1. The van der Waals surface area contributed by atoms with Gasteiger partial charge in [-0.25, -0.2) is 0 Å². The molecule has 3 rings (SSSR count). The van der Waals surface area contributed by atoms with Crippen molar-refractivity contribution in [3.8, 4) is 0 Å². The topological polar surface area (TPSA) is 49.8 Å². The van der Waals surface area contributed by atoms with Gasteiger partial charge in [0.15, 0.2) is 0 Å². The van der Waals surface area contributed by atoms with E-state index < -0.39 is 14.4 Å². The minimum absolute atomic E-state index is 0.0622. The van der Waals surface area contributed by atoms with Crippen LogP contribution in [0.4, 0.5) is 0 Å².